The van der Waals surface area contributed by atoms with Crippen molar-refractivity contribution in [3.05, 3.63) is 16.7 Å². The molecule has 0 saturated carbocycles. The minimum absolute atomic E-state index is 0.428. The first-order valence-electron chi connectivity index (χ1n) is 5.41. The molecule has 0 atom stereocenters. The van der Waals surface area contributed by atoms with Crippen LogP contribution in [-0.4, -0.2) is 31.5 Å². The summed E-state index contributed by atoms with van der Waals surface area (Å²) in [6.07, 6.45) is 1.61. The molecule has 0 saturated heterocycles. The van der Waals surface area contributed by atoms with E-state index in [0.29, 0.717) is 34.2 Å². The highest BCUT2D eigenvalue weighted by Crippen LogP contribution is 2.49. The monoisotopic (exact) mass is 327 g/mol. The molecule has 2 aromatic rings. The summed E-state index contributed by atoms with van der Waals surface area (Å²) in [7, 11) is 4.70. The molecule has 0 unspecified atom stereocenters. The molecule has 3 N–H and O–H groups in total. The van der Waals surface area contributed by atoms with Crippen molar-refractivity contribution in [2.45, 2.75) is 0 Å². The minimum Gasteiger partial charge on any atom is -0.495 e. The van der Waals surface area contributed by atoms with Crippen molar-refractivity contribution in [3.63, 3.8) is 0 Å². The number of rotatable bonds is 4. The number of nitrogens with one attached hydrogen (secondary N) is 1. The highest BCUT2D eigenvalue weighted by atomic mass is 79.9. The molecule has 0 amide bonds. The van der Waals surface area contributed by atoms with Crippen molar-refractivity contribution in [2.24, 2.45) is 0 Å². The molecular weight excluding hydrogens is 314 g/mol. The third-order valence-electron chi connectivity index (χ3n) is 2.72. The van der Waals surface area contributed by atoms with E-state index in [0.717, 1.165) is 4.47 Å². The van der Waals surface area contributed by atoms with Gasteiger partial charge in [0.1, 0.15) is 11.6 Å². The molecule has 0 aliphatic rings. The summed E-state index contributed by atoms with van der Waals surface area (Å²) >= 11 is 3.44. The van der Waals surface area contributed by atoms with Crippen LogP contribution < -0.4 is 19.9 Å². The Labute approximate surface area is 119 Å². The van der Waals surface area contributed by atoms with Gasteiger partial charge in [-0.25, -0.2) is 0 Å². The van der Waals surface area contributed by atoms with E-state index in [4.69, 9.17) is 19.9 Å². The maximum absolute atomic E-state index is 5.88. The number of aromatic amines is 1. The van der Waals surface area contributed by atoms with E-state index in [1.807, 2.05) is 0 Å². The fraction of sp³-hybridized carbons (Fsp3) is 0.250. The lowest BCUT2D eigenvalue weighted by Gasteiger charge is -2.17. The van der Waals surface area contributed by atoms with Gasteiger partial charge in [-0.3, -0.25) is 5.10 Å². The largest absolute Gasteiger partial charge is 0.495 e. The van der Waals surface area contributed by atoms with Crippen molar-refractivity contribution in [1.82, 2.24) is 10.2 Å². The first-order chi connectivity index (χ1) is 9.13. The van der Waals surface area contributed by atoms with Crippen LogP contribution >= 0.6 is 15.9 Å². The molecule has 0 aliphatic carbocycles. The Bertz CT molecular complexity index is 598. The molecule has 0 aliphatic heterocycles. The molecule has 6 nitrogen and oxygen atoms in total. The van der Waals surface area contributed by atoms with Gasteiger partial charge in [-0.05, 0) is 15.9 Å². The van der Waals surface area contributed by atoms with E-state index in [-0.39, 0.29) is 0 Å². The van der Waals surface area contributed by atoms with Gasteiger partial charge in [0.25, 0.3) is 0 Å². The average Bonchev–Trinajstić information content (AvgIpc) is 2.83. The number of ether oxygens (including phenoxy) is 3. The molecule has 0 fully saturated rings. The molecule has 0 bridgehead atoms. The number of nitrogens with two attached hydrogens (primary N) is 1. The Kier molecular flexibility index (Phi) is 3.84. The SMILES string of the molecule is COc1cc(Br)c(OC)c(-c2cn[nH]c2N)c1OC. The summed E-state index contributed by atoms with van der Waals surface area (Å²) in [5.74, 6) is 2.14. The average molecular weight is 328 g/mol. The maximum Gasteiger partial charge on any atom is 0.172 e. The van der Waals surface area contributed by atoms with Crippen molar-refractivity contribution in [1.29, 1.82) is 0 Å². The summed E-state index contributed by atoms with van der Waals surface area (Å²) in [4.78, 5) is 0. The van der Waals surface area contributed by atoms with E-state index in [2.05, 4.69) is 26.1 Å². The third-order valence-corrected chi connectivity index (χ3v) is 3.31. The second kappa shape index (κ2) is 5.40. The molecule has 1 aromatic carbocycles. The number of hydrogen-bond donors (Lipinski definition) is 2. The number of benzene rings is 1. The molecule has 102 valence electrons. The van der Waals surface area contributed by atoms with Gasteiger partial charge in [0, 0.05) is 6.07 Å². The van der Waals surface area contributed by atoms with Crippen LogP contribution in [0, 0.1) is 0 Å². The minimum atomic E-state index is 0.428. The number of methoxy groups -OCH3 is 3. The Morgan fingerprint density at radius 3 is 2.32 bits per heavy atom. The number of halogens is 1. The summed E-state index contributed by atoms with van der Waals surface area (Å²) in [5, 5.41) is 6.60. The van der Waals surface area contributed by atoms with Gasteiger partial charge < -0.3 is 19.9 Å². The first kappa shape index (κ1) is 13.5. The van der Waals surface area contributed by atoms with Crippen LogP contribution in [0.4, 0.5) is 5.82 Å². The number of nitrogens with zero attached hydrogens (tertiary/aromatic N) is 1. The topological polar surface area (TPSA) is 82.4 Å². The molecule has 1 heterocycles. The number of aromatic nitrogens is 2. The van der Waals surface area contributed by atoms with Crippen LogP contribution in [0.25, 0.3) is 11.1 Å². The zero-order valence-electron chi connectivity index (χ0n) is 10.8. The predicted octanol–water partition coefficient (Wildman–Crippen LogP) is 2.45. The zero-order valence-corrected chi connectivity index (χ0v) is 12.4. The molecule has 0 spiro atoms. The smallest absolute Gasteiger partial charge is 0.172 e. The predicted molar refractivity (Wildman–Crippen MR) is 75.8 cm³/mol. The van der Waals surface area contributed by atoms with Crippen LogP contribution in [0.3, 0.4) is 0 Å². The van der Waals surface area contributed by atoms with Crippen molar-refractivity contribution >= 4 is 21.7 Å². The van der Waals surface area contributed by atoms with Crippen LogP contribution in [0.2, 0.25) is 0 Å². The van der Waals surface area contributed by atoms with Crippen LogP contribution in [0.1, 0.15) is 0 Å². The van der Waals surface area contributed by atoms with Gasteiger partial charge in [-0.2, -0.15) is 5.10 Å². The second-order valence-electron chi connectivity index (χ2n) is 3.70. The summed E-state index contributed by atoms with van der Waals surface area (Å²) in [5.41, 5.74) is 7.25. The Morgan fingerprint density at radius 2 is 1.84 bits per heavy atom. The summed E-state index contributed by atoms with van der Waals surface area (Å²) < 4.78 is 16.9. The number of anilines is 1. The van der Waals surface area contributed by atoms with E-state index in [1.165, 1.54) is 0 Å². The third kappa shape index (κ3) is 2.21. The van der Waals surface area contributed by atoms with Crippen LogP contribution in [0.15, 0.2) is 16.7 Å². The second-order valence-corrected chi connectivity index (χ2v) is 4.55. The highest BCUT2D eigenvalue weighted by Gasteiger charge is 2.23. The Morgan fingerprint density at radius 1 is 1.16 bits per heavy atom. The van der Waals surface area contributed by atoms with Crippen molar-refractivity contribution in [3.8, 4) is 28.4 Å². The Hall–Kier alpha value is -1.89. The molecule has 7 heteroatoms. The van der Waals surface area contributed by atoms with Crippen LogP contribution in [0.5, 0.6) is 17.2 Å². The standard InChI is InChI=1S/C12H14BrN3O3/c1-17-8-4-7(13)10(18-2)9(11(8)19-3)6-5-15-16-12(6)14/h4-5H,1-3H3,(H3,14,15,16). The highest BCUT2D eigenvalue weighted by molar-refractivity contribution is 9.10. The molecule has 19 heavy (non-hydrogen) atoms. The van der Waals surface area contributed by atoms with Crippen LogP contribution in [-0.2, 0) is 0 Å². The molecule has 0 radical (unpaired) electrons. The van der Waals surface area contributed by atoms with E-state index in [9.17, 15) is 0 Å². The summed E-state index contributed by atoms with van der Waals surface area (Å²) in [6.45, 7) is 0. The van der Waals surface area contributed by atoms with Gasteiger partial charge in [-0.1, -0.05) is 0 Å². The summed E-state index contributed by atoms with van der Waals surface area (Å²) in [6, 6.07) is 1.78. The first-order valence-corrected chi connectivity index (χ1v) is 6.21. The quantitative estimate of drug-likeness (QED) is 0.901. The number of nitrogen functional groups attached to an aromatic ring is 1. The van der Waals surface area contributed by atoms with E-state index >= 15 is 0 Å². The number of hydrogen-bond acceptors (Lipinski definition) is 5. The van der Waals surface area contributed by atoms with Crippen molar-refractivity contribution < 1.29 is 14.2 Å². The fourth-order valence-corrected chi connectivity index (χ4v) is 2.45. The lowest BCUT2D eigenvalue weighted by molar-refractivity contribution is 0.350. The van der Waals surface area contributed by atoms with Gasteiger partial charge >= 0.3 is 0 Å². The zero-order chi connectivity index (χ0) is 14.0. The number of H-pyrrole nitrogens is 1. The molecule has 1 aromatic heterocycles. The normalized spacial score (nSPS) is 10.3. The van der Waals surface area contributed by atoms with Gasteiger partial charge in [0.2, 0.25) is 0 Å². The molecule has 2 rings (SSSR count). The Balaban J connectivity index is 2.82. The van der Waals surface area contributed by atoms with E-state index < -0.39 is 0 Å². The maximum atomic E-state index is 5.88. The molecular formula is C12H14BrN3O3. The lowest BCUT2D eigenvalue weighted by Crippen LogP contribution is -1.99. The fourth-order valence-electron chi connectivity index (χ4n) is 1.89. The van der Waals surface area contributed by atoms with Gasteiger partial charge in [-0.15, -0.1) is 0 Å². The van der Waals surface area contributed by atoms with Crippen molar-refractivity contribution in [2.75, 3.05) is 27.1 Å². The lowest BCUT2D eigenvalue weighted by atomic mass is 10.1. The van der Waals surface area contributed by atoms with E-state index in [1.54, 1.807) is 33.6 Å². The van der Waals surface area contributed by atoms with Gasteiger partial charge in [0.05, 0.1) is 43.1 Å². The van der Waals surface area contributed by atoms with Gasteiger partial charge in [0.15, 0.2) is 11.5 Å².